The van der Waals surface area contributed by atoms with Gasteiger partial charge in [-0.15, -0.1) is 0 Å². The van der Waals surface area contributed by atoms with E-state index in [-0.39, 0.29) is 6.04 Å². The van der Waals surface area contributed by atoms with Crippen molar-refractivity contribution >= 4 is 26.7 Å². The second-order valence-corrected chi connectivity index (χ2v) is 5.55. The number of hydrogen-bond acceptors (Lipinski definition) is 2. The van der Waals surface area contributed by atoms with E-state index < -0.39 is 0 Å². The van der Waals surface area contributed by atoms with Crippen molar-refractivity contribution in [2.75, 3.05) is 7.05 Å². The summed E-state index contributed by atoms with van der Waals surface area (Å²) in [4.78, 5) is 4.38. The molecule has 1 heterocycles. The van der Waals surface area contributed by atoms with E-state index in [1.807, 2.05) is 31.6 Å². The molecule has 20 heavy (non-hydrogen) atoms. The molecule has 3 aromatic rings. The topological polar surface area (TPSA) is 24.9 Å². The van der Waals surface area contributed by atoms with Crippen LogP contribution >= 0.6 is 15.9 Å². The Kier molecular flexibility index (Phi) is 3.81. The fourth-order valence-corrected chi connectivity index (χ4v) is 3.07. The van der Waals surface area contributed by atoms with Gasteiger partial charge in [-0.05, 0) is 29.6 Å². The van der Waals surface area contributed by atoms with Crippen LogP contribution in [-0.2, 0) is 0 Å². The molecule has 1 unspecified atom stereocenters. The Morgan fingerprint density at radius 2 is 1.70 bits per heavy atom. The molecule has 0 saturated carbocycles. The minimum atomic E-state index is 0.115. The van der Waals surface area contributed by atoms with E-state index in [1.54, 1.807) is 0 Å². The van der Waals surface area contributed by atoms with Crippen LogP contribution in [0.5, 0.6) is 0 Å². The summed E-state index contributed by atoms with van der Waals surface area (Å²) in [5.41, 5.74) is 2.41. The van der Waals surface area contributed by atoms with Crippen LogP contribution in [0, 0.1) is 0 Å². The van der Waals surface area contributed by atoms with Gasteiger partial charge in [0.2, 0.25) is 0 Å². The SMILES string of the molecule is CNC(c1ccccc1Br)c1cncc2ccccc12. The number of benzene rings is 2. The fraction of sp³-hybridized carbons (Fsp3) is 0.118. The molecule has 1 N–H and O–H groups in total. The number of rotatable bonds is 3. The molecular weight excluding hydrogens is 312 g/mol. The molecule has 0 fully saturated rings. The van der Waals surface area contributed by atoms with Gasteiger partial charge in [0.05, 0.1) is 6.04 Å². The third-order valence-electron chi connectivity index (χ3n) is 3.51. The standard InChI is InChI=1S/C17H15BrN2/c1-19-17(14-8-4-5-9-16(14)18)15-11-20-10-12-6-2-3-7-13(12)15/h2-11,17,19H,1H3. The first-order valence-electron chi connectivity index (χ1n) is 6.55. The second-order valence-electron chi connectivity index (χ2n) is 4.69. The number of fused-ring (bicyclic) bond motifs is 1. The monoisotopic (exact) mass is 326 g/mol. The lowest BCUT2D eigenvalue weighted by Crippen LogP contribution is -2.18. The van der Waals surface area contributed by atoms with E-state index in [4.69, 9.17) is 0 Å². The van der Waals surface area contributed by atoms with Gasteiger partial charge in [-0.2, -0.15) is 0 Å². The Morgan fingerprint density at radius 3 is 2.50 bits per heavy atom. The summed E-state index contributed by atoms with van der Waals surface area (Å²) in [5, 5.41) is 5.80. The summed E-state index contributed by atoms with van der Waals surface area (Å²) in [7, 11) is 1.98. The van der Waals surface area contributed by atoms with Gasteiger partial charge in [-0.3, -0.25) is 4.98 Å². The maximum atomic E-state index is 4.38. The summed E-state index contributed by atoms with van der Waals surface area (Å²) < 4.78 is 1.10. The first-order chi connectivity index (χ1) is 9.81. The van der Waals surface area contributed by atoms with Crippen molar-refractivity contribution in [1.82, 2.24) is 10.3 Å². The van der Waals surface area contributed by atoms with Gasteiger partial charge in [0.1, 0.15) is 0 Å². The second kappa shape index (κ2) is 5.73. The van der Waals surface area contributed by atoms with Gasteiger partial charge < -0.3 is 5.32 Å². The number of halogens is 1. The highest BCUT2D eigenvalue weighted by Crippen LogP contribution is 2.31. The van der Waals surface area contributed by atoms with E-state index in [1.165, 1.54) is 16.5 Å². The zero-order valence-corrected chi connectivity index (χ0v) is 12.8. The van der Waals surface area contributed by atoms with Crippen LogP contribution < -0.4 is 5.32 Å². The Morgan fingerprint density at radius 1 is 0.950 bits per heavy atom. The van der Waals surface area contributed by atoms with Gasteiger partial charge in [-0.1, -0.05) is 58.4 Å². The molecule has 0 amide bonds. The molecule has 0 aliphatic heterocycles. The quantitative estimate of drug-likeness (QED) is 0.775. The number of pyridine rings is 1. The van der Waals surface area contributed by atoms with Crippen LogP contribution in [0.15, 0.2) is 65.4 Å². The Bertz CT molecular complexity index is 734. The lowest BCUT2D eigenvalue weighted by atomic mass is 9.96. The predicted molar refractivity (Wildman–Crippen MR) is 86.8 cm³/mol. The third kappa shape index (κ3) is 2.35. The van der Waals surface area contributed by atoms with Crippen molar-refractivity contribution in [3.8, 4) is 0 Å². The first-order valence-corrected chi connectivity index (χ1v) is 7.35. The summed E-state index contributed by atoms with van der Waals surface area (Å²) in [6.45, 7) is 0. The Labute approximate surface area is 127 Å². The van der Waals surface area contributed by atoms with Gasteiger partial charge in [0, 0.05) is 22.3 Å². The Hall–Kier alpha value is -1.71. The molecule has 2 aromatic carbocycles. The molecule has 1 atom stereocenters. The highest BCUT2D eigenvalue weighted by atomic mass is 79.9. The molecule has 3 heteroatoms. The van der Waals surface area contributed by atoms with Gasteiger partial charge in [-0.25, -0.2) is 0 Å². The minimum absolute atomic E-state index is 0.115. The smallest absolute Gasteiger partial charge is 0.0606 e. The maximum absolute atomic E-state index is 4.38. The fourth-order valence-electron chi connectivity index (χ4n) is 2.56. The van der Waals surface area contributed by atoms with E-state index in [0.717, 1.165) is 9.86 Å². The van der Waals surface area contributed by atoms with Crippen molar-refractivity contribution in [3.63, 3.8) is 0 Å². The average molecular weight is 327 g/mol. The van der Waals surface area contributed by atoms with Crippen molar-refractivity contribution < 1.29 is 0 Å². The Balaban J connectivity index is 2.20. The summed E-state index contributed by atoms with van der Waals surface area (Å²) in [6, 6.07) is 16.8. The number of hydrogen-bond donors (Lipinski definition) is 1. The highest BCUT2D eigenvalue weighted by molar-refractivity contribution is 9.10. The van der Waals surface area contributed by atoms with Crippen LogP contribution in [-0.4, -0.2) is 12.0 Å². The molecule has 1 aromatic heterocycles. The molecule has 2 nitrogen and oxygen atoms in total. The lowest BCUT2D eigenvalue weighted by Gasteiger charge is -2.20. The van der Waals surface area contributed by atoms with Gasteiger partial charge in [0.25, 0.3) is 0 Å². The van der Waals surface area contributed by atoms with E-state index in [0.29, 0.717) is 0 Å². The molecule has 0 bridgehead atoms. The maximum Gasteiger partial charge on any atom is 0.0606 e. The molecule has 0 aliphatic rings. The molecule has 3 rings (SSSR count). The van der Waals surface area contributed by atoms with Crippen molar-refractivity contribution in [3.05, 3.63) is 76.5 Å². The molecule has 0 aliphatic carbocycles. The minimum Gasteiger partial charge on any atom is -0.309 e. The normalized spacial score (nSPS) is 12.5. The van der Waals surface area contributed by atoms with Crippen LogP contribution in [0.4, 0.5) is 0 Å². The van der Waals surface area contributed by atoms with Crippen LogP contribution in [0.1, 0.15) is 17.2 Å². The van der Waals surface area contributed by atoms with Crippen molar-refractivity contribution in [2.45, 2.75) is 6.04 Å². The summed E-state index contributed by atoms with van der Waals surface area (Å²) in [6.07, 6.45) is 3.86. The van der Waals surface area contributed by atoms with E-state index >= 15 is 0 Å². The van der Waals surface area contributed by atoms with Crippen LogP contribution in [0.3, 0.4) is 0 Å². The number of aromatic nitrogens is 1. The van der Waals surface area contributed by atoms with Gasteiger partial charge >= 0.3 is 0 Å². The van der Waals surface area contributed by atoms with Crippen molar-refractivity contribution in [1.29, 1.82) is 0 Å². The highest BCUT2D eigenvalue weighted by Gasteiger charge is 2.17. The summed E-state index contributed by atoms with van der Waals surface area (Å²) in [5.74, 6) is 0. The average Bonchev–Trinajstić information content (AvgIpc) is 2.50. The zero-order chi connectivity index (χ0) is 13.9. The largest absolute Gasteiger partial charge is 0.309 e. The molecule has 0 spiro atoms. The van der Waals surface area contributed by atoms with Gasteiger partial charge in [0.15, 0.2) is 0 Å². The lowest BCUT2D eigenvalue weighted by molar-refractivity contribution is 0.691. The molecular formula is C17H15BrN2. The van der Waals surface area contributed by atoms with E-state index in [9.17, 15) is 0 Å². The molecule has 100 valence electrons. The molecule has 0 saturated heterocycles. The molecule has 0 radical (unpaired) electrons. The predicted octanol–water partition coefficient (Wildman–Crippen LogP) is 4.31. The third-order valence-corrected chi connectivity index (χ3v) is 4.24. The van der Waals surface area contributed by atoms with Crippen molar-refractivity contribution in [2.24, 2.45) is 0 Å². The zero-order valence-electron chi connectivity index (χ0n) is 11.2. The number of nitrogens with zero attached hydrogens (tertiary/aromatic N) is 1. The van der Waals surface area contributed by atoms with Crippen LogP contribution in [0.2, 0.25) is 0 Å². The summed E-state index contributed by atoms with van der Waals surface area (Å²) >= 11 is 3.64. The van der Waals surface area contributed by atoms with Crippen LogP contribution in [0.25, 0.3) is 10.8 Å². The number of nitrogens with one attached hydrogen (secondary N) is 1. The first kappa shape index (κ1) is 13.3. The van der Waals surface area contributed by atoms with E-state index in [2.05, 4.69) is 62.6 Å².